The summed E-state index contributed by atoms with van der Waals surface area (Å²) >= 11 is 0. The lowest BCUT2D eigenvalue weighted by atomic mass is 9.66. The van der Waals surface area contributed by atoms with Gasteiger partial charge in [0.2, 0.25) is 11.8 Å². The van der Waals surface area contributed by atoms with Gasteiger partial charge in [-0.1, -0.05) is 39.0 Å². The molecule has 1 aromatic rings. The van der Waals surface area contributed by atoms with Crippen molar-refractivity contribution in [3.63, 3.8) is 0 Å². The van der Waals surface area contributed by atoms with Gasteiger partial charge >= 0.3 is 0 Å². The predicted octanol–water partition coefficient (Wildman–Crippen LogP) is 3.74. The number of carbonyl (C=O) groups excluding carboxylic acids is 3. The lowest BCUT2D eigenvalue weighted by Crippen LogP contribution is -2.45. The molecule has 5 heteroatoms. The Hall–Kier alpha value is -2.01. The summed E-state index contributed by atoms with van der Waals surface area (Å²) in [6.07, 6.45) is 2.06. The van der Waals surface area contributed by atoms with Crippen LogP contribution in [0.15, 0.2) is 30.3 Å². The molecule has 28 heavy (non-hydrogen) atoms. The summed E-state index contributed by atoms with van der Waals surface area (Å²) in [6, 6.07) is 8.93. The van der Waals surface area contributed by atoms with Crippen LogP contribution in [0.2, 0.25) is 0 Å². The van der Waals surface area contributed by atoms with E-state index in [9.17, 15) is 19.5 Å². The molecule has 1 heterocycles. The molecule has 0 bridgehead atoms. The van der Waals surface area contributed by atoms with Crippen LogP contribution < -0.4 is 4.90 Å². The molecule has 2 amide bonds. The van der Waals surface area contributed by atoms with Crippen molar-refractivity contribution < 1.29 is 19.5 Å². The molecule has 0 aromatic heterocycles. The normalized spacial score (nSPS) is 25.9. The number of nitrogens with zero attached hydrogens (tertiary/aromatic N) is 1. The Bertz CT molecular complexity index is 719. The number of aliphatic hydroxyl groups excluding tert-OH is 1. The molecular weight excluding hydrogens is 354 g/mol. The third-order valence-electron chi connectivity index (χ3n) is 6.40. The molecule has 1 aromatic carbocycles. The Labute approximate surface area is 167 Å². The largest absolute Gasteiger partial charge is 0.392 e. The molecule has 1 saturated carbocycles. The summed E-state index contributed by atoms with van der Waals surface area (Å²) in [5.41, 5.74) is 0.693. The number of piperidine rings is 1. The first-order valence-corrected chi connectivity index (χ1v) is 10.3. The van der Waals surface area contributed by atoms with Crippen LogP contribution in [0.3, 0.4) is 0 Å². The number of amides is 2. The van der Waals surface area contributed by atoms with E-state index < -0.39 is 6.10 Å². The lowest BCUT2D eigenvalue weighted by molar-refractivity contribution is -0.132. The molecule has 152 valence electrons. The molecule has 1 saturated heterocycles. The van der Waals surface area contributed by atoms with E-state index in [1.54, 1.807) is 24.3 Å². The number of para-hydroxylation sites is 1. The van der Waals surface area contributed by atoms with Gasteiger partial charge in [0.15, 0.2) is 0 Å². The topological polar surface area (TPSA) is 74.7 Å². The molecule has 1 N–H and O–H groups in total. The number of rotatable bonds is 4. The highest BCUT2D eigenvalue weighted by Crippen LogP contribution is 2.41. The van der Waals surface area contributed by atoms with E-state index in [-0.39, 0.29) is 47.7 Å². The molecule has 0 radical (unpaired) electrons. The van der Waals surface area contributed by atoms with Crippen molar-refractivity contribution in [1.29, 1.82) is 0 Å². The quantitative estimate of drug-likeness (QED) is 0.801. The summed E-state index contributed by atoms with van der Waals surface area (Å²) in [5, 5.41) is 10.8. The molecular formula is C23H31NO4. The van der Waals surface area contributed by atoms with Gasteiger partial charge in [-0.15, -0.1) is 0 Å². The average Bonchev–Trinajstić information content (AvgIpc) is 2.61. The molecule has 1 aliphatic carbocycles. The number of ketones is 1. The fraction of sp³-hybridized carbons (Fsp3) is 0.609. The SMILES string of the molecule is CC(C)(C)C1CCC(=O)C([C@H](O)CC2CC(=O)N(c3ccccc3)C(=O)C2)C1. The zero-order valence-electron chi connectivity index (χ0n) is 17.1. The van der Waals surface area contributed by atoms with Crippen LogP contribution in [0.5, 0.6) is 0 Å². The second kappa shape index (κ2) is 8.16. The zero-order chi connectivity index (χ0) is 20.5. The highest BCUT2D eigenvalue weighted by molar-refractivity contribution is 6.16. The van der Waals surface area contributed by atoms with Crippen molar-refractivity contribution in [3.05, 3.63) is 30.3 Å². The zero-order valence-corrected chi connectivity index (χ0v) is 17.1. The predicted molar refractivity (Wildman–Crippen MR) is 108 cm³/mol. The van der Waals surface area contributed by atoms with Gasteiger partial charge in [-0.05, 0) is 48.6 Å². The van der Waals surface area contributed by atoms with Crippen LogP contribution in [0.4, 0.5) is 5.69 Å². The Kier molecular flexibility index (Phi) is 6.04. The monoisotopic (exact) mass is 385 g/mol. The number of benzene rings is 1. The van der Waals surface area contributed by atoms with Gasteiger partial charge in [0.1, 0.15) is 5.78 Å². The van der Waals surface area contributed by atoms with Gasteiger partial charge in [-0.3, -0.25) is 19.3 Å². The standard InChI is InChI=1S/C23H31NO4/c1-23(2,3)16-9-10-19(25)18(14-16)20(26)11-15-12-21(27)24(22(28)13-15)17-7-5-4-6-8-17/h4-8,15-16,18,20,26H,9-14H2,1-3H3/t16?,18?,20-/m1/s1. The summed E-state index contributed by atoms with van der Waals surface area (Å²) in [4.78, 5) is 38.8. The molecule has 2 aliphatic rings. The molecule has 3 rings (SSSR count). The first-order chi connectivity index (χ1) is 13.2. The number of imide groups is 1. The number of aliphatic hydroxyl groups is 1. The van der Waals surface area contributed by atoms with E-state index in [1.807, 2.05) is 6.07 Å². The summed E-state index contributed by atoms with van der Waals surface area (Å²) in [5.74, 6) is -0.544. The molecule has 3 atom stereocenters. The van der Waals surface area contributed by atoms with E-state index in [0.717, 1.165) is 6.42 Å². The van der Waals surface area contributed by atoms with E-state index >= 15 is 0 Å². The van der Waals surface area contributed by atoms with Crippen molar-refractivity contribution in [3.8, 4) is 0 Å². The average molecular weight is 386 g/mol. The smallest absolute Gasteiger partial charge is 0.234 e. The lowest BCUT2D eigenvalue weighted by Gasteiger charge is -2.39. The van der Waals surface area contributed by atoms with Gasteiger partial charge in [0, 0.05) is 25.2 Å². The summed E-state index contributed by atoms with van der Waals surface area (Å²) in [6.45, 7) is 6.52. The maximum Gasteiger partial charge on any atom is 0.234 e. The number of hydrogen-bond acceptors (Lipinski definition) is 4. The van der Waals surface area contributed by atoms with Crippen molar-refractivity contribution in [2.24, 2.45) is 23.2 Å². The van der Waals surface area contributed by atoms with Gasteiger partial charge in [-0.25, -0.2) is 0 Å². The van der Waals surface area contributed by atoms with Crippen molar-refractivity contribution in [1.82, 2.24) is 0 Å². The van der Waals surface area contributed by atoms with Gasteiger partial charge in [0.25, 0.3) is 0 Å². The molecule has 5 nitrogen and oxygen atoms in total. The fourth-order valence-electron chi connectivity index (χ4n) is 4.64. The number of anilines is 1. The minimum absolute atomic E-state index is 0.103. The van der Waals surface area contributed by atoms with E-state index in [2.05, 4.69) is 20.8 Å². The van der Waals surface area contributed by atoms with E-state index in [0.29, 0.717) is 30.9 Å². The van der Waals surface area contributed by atoms with Crippen LogP contribution >= 0.6 is 0 Å². The third-order valence-corrected chi connectivity index (χ3v) is 6.40. The Morgan fingerprint density at radius 1 is 1.07 bits per heavy atom. The Morgan fingerprint density at radius 2 is 1.68 bits per heavy atom. The number of carbonyl (C=O) groups is 3. The fourth-order valence-corrected chi connectivity index (χ4v) is 4.64. The Morgan fingerprint density at radius 3 is 2.25 bits per heavy atom. The van der Waals surface area contributed by atoms with Crippen LogP contribution in [0.25, 0.3) is 0 Å². The minimum Gasteiger partial charge on any atom is -0.392 e. The van der Waals surface area contributed by atoms with Crippen molar-refractivity contribution >= 4 is 23.3 Å². The first-order valence-electron chi connectivity index (χ1n) is 10.3. The first kappa shape index (κ1) is 20.7. The van der Waals surface area contributed by atoms with Crippen LogP contribution in [-0.4, -0.2) is 28.8 Å². The highest BCUT2D eigenvalue weighted by atomic mass is 16.3. The Balaban J connectivity index is 1.63. The van der Waals surface area contributed by atoms with Crippen LogP contribution in [0.1, 0.15) is 59.3 Å². The minimum atomic E-state index is -0.786. The van der Waals surface area contributed by atoms with Crippen LogP contribution in [-0.2, 0) is 14.4 Å². The molecule has 0 spiro atoms. The maximum absolute atomic E-state index is 12.6. The van der Waals surface area contributed by atoms with Crippen molar-refractivity contribution in [2.75, 3.05) is 4.90 Å². The second-order valence-electron chi connectivity index (χ2n) is 9.45. The highest BCUT2D eigenvalue weighted by Gasteiger charge is 2.40. The van der Waals surface area contributed by atoms with E-state index in [4.69, 9.17) is 0 Å². The van der Waals surface area contributed by atoms with Gasteiger partial charge < -0.3 is 5.11 Å². The number of hydrogen-bond donors (Lipinski definition) is 1. The van der Waals surface area contributed by atoms with Crippen molar-refractivity contribution in [2.45, 2.75) is 65.4 Å². The summed E-state index contributed by atoms with van der Waals surface area (Å²) < 4.78 is 0. The van der Waals surface area contributed by atoms with E-state index in [1.165, 1.54) is 4.90 Å². The molecule has 1 aliphatic heterocycles. The summed E-state index contributed by atoms with van der Waals surface area (Å²) in [7, 11) is 0. The maximum atomic E-state index is 12.6. The van der Waals surface area contributed by atoms with Crippen LogP contribution in [0, 0.1) is 23.2 Å². The van der Waals surface area contributed by atoms with Gasteiger partial charge in [0.05, 0.1) is 11.8 Å². The third kappa shape index (κ3) is 4.52. The second-order valence-corrected chi connectivity index (χ2v) is 9.45. The molecule has 2 unspecified atom stereocenters. The molecule has 2 fully saturated rings. The number of Topliss-reactive ketones (excluding diaryl/α,β-unsaturated/α-hetero) is 1. The van der Waals surface area contributed by atoms with Gasteiger partial charge in [-0.2, -0.15) is 0 Å².